The number of rotatable bonds is 12. The van der Waals surface area contributed by atoms with Crippen LogP contribution in [0.3, 0.4) is 0 Å². The second-order valence-electron chi connectivity index (χ2n) is 8.16. The number of nitrogens with zero attached hydrogens (tertiary/aromatic N) is 1. The summed E-state index contributed by atoms with van der Waals surface area (Å²) in [5.41, 5.74) is 1.09. The van der Waals surface area contributed by atoms with Crippen molar-refractivity contribution in [3.63, 3.8) is 0 Å². The topological polar surface area (TPSA) is 95.6 Å². The van der Waals surface area contributed by atoms with Crippen molar-refractivity contribution in [2.45, 2.75) is 46.3 Å². The molecule has 0 heterocycles. The molecule has 0 unspecified atom stereocenters. The molecule has 0 aliphatic rings. The minimum atomic E-state index is -3.35. The second-order valence-corrected chi connectivity index (χ2v) is 11.7. The van der Waals surface area contributed by atoms with E-state index < -0.39 is 20.0 Å². The quantitative estimate of drug-likeness (QED) is 0.522. The lowest BCUT2D eigenvalue weighted by Crippen LogP contribution is -2.51. The molecule has 1 rings (SSSR count). The van der Waals surface area contributed by atoms with Crippen LogP contribution in [0.2, 0.25) is 0 Å². The highest BCUT2D eigenvalue weighted by atomic mass is 32.2. The number of nitrogens with one attached hydrogen (secondary N) is 2. The summed E-state index contributed by atoms with van der Waals surface area (Å²) < 4.78 is 52.6. The van der Waals surface area contributed by atoms with Crippen LogP contribution in [0.5, 0.6) is 0 Å². The van der Waals surface area contributed by atoms with Gasteiger partial charge in [-0.3, -0.25) is 4.90 Å². The van der Waals surface area contributed by atoms with Gasteiger partial charge < -0.3 is 0 Å². The first kappa shape index (κ1) is 25.0. The molecular weight excluding hydrogens is 398 g/mol. The van der Waals surface area contributed by atoms with Crippen molar-refractivity contribution in [2.75, 3.05) is 25.6 Å². The third-order valence-corrected chi connectivity index (χ3v) is 5.96. The maximum Gasteiger partial charge on any atom is 0.209 e. The monoisotopic (exact) mass is 433 g/mol. The molecule has 0 saturated heterocycles. The summed E-state index contributed by atoms with van der Waals surface area (Å²) in [4.78, 5) is 2.11. The van der Waals surface area contributed by atoms with Crippen molar-refractivity contribution in [1.82, 2.24) is 14.3 Å². The standard InChI is InChI=1S/C19H35N3O4S2/c1-15(2)18(20-27(5,23)24)13-22(12-17-10-8-7-9-11-17)14-19(16(3)4)21-28(6,25)26/h7-11,15-16,18-21H,12-14H2,1-6H3/t18-,19-/m1/s1. The predicted octanol–water partition coefficient (Wildman–Crippen LogP) is 1.64. The smallest absolute Gasteiger partial charge is 0.209 e. The summed E-state index contributed by atoms with van der Waals surface area (Å²) in [7, 11) is -6.70. The summed E-state index contributed by atoms with van der Waals surface area (Å²) in [5, 5.41) is 0. The molecule has 0 aliphatic carbocycles. The first-order chi connectivity index (χ1) is 12.8. The van der Waals surface area contributed by atoms with Gasteiger partial charge in [0.05, 0.1) is 12.5 Å². The number of hydrogen-bond donors (Lipinski definition) is 2. The van der Waals surface area contributed by atoms with Crippen molar-refractivity contribution in [3.05, 3.63) is 35.9 Å². The Hall–Kier alpha value is -1.00. The van der Waals surface area contributed by atoms with Crippen LogP contribution in [0, 0.1) is 11.8 Å². The van der Waals surface area contributed by atoms with Crippen molar-refractivity contribution < 1.29 is 16.8 Å². The zero-order valence-electron chi connectivity index (χ0n) is 17.7. The number of sulfonamides is 2. The van der Waals surface area contributed by atoms with Crippen LogP contribution in [0.15, 0.2) is 30.3 Å². The predicted molar refractivity (Wildman–Crippen MR) is 115 cm³/mol. The van der Waals surface area contributed by atoms with E-state index in [-0.39, 0.29) is 23.9 Å². The van der Waals surface area contributed by atoms with E-state index in [9.17, 15) is 16.8 Å². The van der Waals surface area contributed by atoms with Crippen LogP contribution in [0.1, 0.15) is 33.3 Å². The lowest BCUT2D eigenvalue weighted by molar-refractivity contribution is 0.193. The maximum absolute atomic E-state index is 11.8. The highest BCUT2D eigenvalue weighted by Crippen LogP contribution is 2.13. The van der Waals surface area contributed by atoms with Crippen molar-refractivity contribution in [3.8, 4) is 0 Å². The Morgan fingerprint density at radius 1 is 0.786 bits per heavy atom. The molecule has 7 nitrogen and oxygen atoms in total. The molecule has 0 amide bonds. The van der Waals surface area contributed by atoms with Crippen molar-refractivity contribution >= 4 is 20.0 Å². The number of benzene rings is 1. The highest BCUT2D eigenvalue weighted by Gasteiger charge is 2.25. The summed E-state index contributed by atoms with van der Waals surface area (Å²) in [6, 6.07) is 9.33. The fraction of sp³-hybridized carbons (Fsp3) is 0.684. The van der Waals surface area contributed by atoms with Crippen LogP contribution in [0.25, 0.3) is 0 Å². The summed E-state index contributed by atoms with van der Waals surface area (Å²) in [6.45, 7) is 9.44. The van der Waals surface area contributed by atoms with Gasteiger partial charge >= 0.3 is 0 Å². The van der Waals surface area contributed by atoms with Gasteiger partial charge in [-0.2, -0.15) is 0 Å². The molecule has 0 spiro atoms. The summed E-state index contributed by atoms with van der Waals surface area (Å²) in [6.07, 6.45) is 2.32. The fourth-order valence-corrected chi connectivity index (χ4v) is 4.71. The third-order valence-electron chi connectivity index (χ3n) is 4.50. The van der Waals surface area contributed by atoms with Gasteiger partial charge in [0.15, 0.2) is 0 Å². The van der Waals surface area contributed by atoms with Crippen LogP contribution < -0.4 is 9.44 Å². The summed E-state index contributed by atoms with van der Waals surface area (Å²) in [5.74, 6) is 0.182. The van der Waals surface area contributed by atoms with E-state index in [1.807, 2.05) is 58.0 Å². The summed E-state index contributed by atoms with van der Waals surface area (Å²) >= 11 is 0. The zero-order valence-corrected chi connectivity index (χ0v) is 19.3. The van der Waals surface area contributed by atoms with E-state index in [0.29, 0.717) is 19.6 Å². The van der Waals surface area contributed by atoms with E-state index in [1.54, 1.807) is 0 Å². The molecule has 1 aromatic rings. The molecule has 0 aromatic heterocycles. The molecule has 0 aliphatic heterocycles. The van der Waals surface area contributed by atoms with Gasteiger partial charge in [-0.25, -0.2) is 26.3 Å². The zero-order chi connectivity index (χ0) is 21.5. The van der Waals surface area contributed by atoms with E-state index in [1.165, 1.54) is 0 Å². The molecular formula is C19H35N3O4S2. The molecule has 162 valence electrons. The van der Waals surface area contributed by atoms with Gasteiger partial charge in [-0.05, 0) is 17.4 Å². The largest absolute Gasteiger partial charge is 0.296 e. The van der Waals surface area contributed by atoms with Crippen molar-refractivity contribution in [1.29, 1.82) is 0 Å². The Bertz CT molecular complexity index is 746. The fourth-order valence-electron chi connectivity index (χ4n) is 2.92. The minimum absolute atomic E-state index is 0.0911. The van der Waals surface area contributed by atoms with Gasteiger partial charge in [0.1, 0.15) is 0 Å². The lowest BCUT2D eigenvalue weighted by atomic mass is 10.0. The van der Waals surface area contributed by atoms with E-state index in [4.69, 9.17) is 0 Å². The minimum Gasteiger partial charge on any atom is -0.296 e. The molecule has 0 saturated carbocycles. The van der Waals surface area contributed by atoms with Gasteiger partial charge in [0, 0.05) is 31.7 Å². The molecule has 2 atom stereocenters. The Morgan fingerprint density at radius 2 is 1.18 bits per heavy atom. The Kier molecular flexibility index (Phi) is 9.55. The molecule has 0 radical (unpaired) electrons. The van der Waals surface area contributed by atoms with Gasteiger partial charge in [-0.15, -0.1) is 0 Å². The molecule has 9 heteroatoms. The molecule has 2 N–H and O–H groups in total. The Balaban J connectivity index is 3.08. The maximum atomic E-state index is 11.8. The normalized spacial score (nSPS) is 15.3. The van der Waals surface area contributed by atoms with E-state index in [0.717, 1.165) is 18.1 Å². The molecule has 28 heavy (non-hydrogen) atoms. The average Bonchev–Trinajstić information content (AvgIpc) is 2.51. The molecule has 0 bridgehead atoms. The Morgan fingerprint density at radius 3 is 1.50 bits per heavy atom. The van der Waals surface area contributed by atoms with Crippen LogP contribution >= 0.6 is 0 Å². The average molecular weight is 434 g/mol. The highest BCUT2D eigenvalue weighted by molar-refractivity contribution is 7.89. The van der Waals surface area contributed by atoms with Crippen LogP contribution in [0.4, 0.5) is 0 Å². The Labute approximate surface area is 171 Å². The molecule has 0 fully saturated rings. The van der Waals surface area contributed by atoms with Gasteiger partial charge in [0.25, 0.3) is 0 Å². The second kappa shape index (κ2) is 10.7. The first-order valence-electron chi connectivity index (χ1n) is 9.47. The lowest BCUT2D eigenvalue weighted by Gasteiger charge is -2.33. The van der Waals surface area contributed by atoms with Gasteiger partial charge in [0.2, 0.25) is 20.0 Å². The molecule has 1 aromatic carbocycles. The SMILES string of the molecule is CC(C)[C@@H](CN(Cc1ccccc1)C[C@@H](NS(C)(=O)=O)C(C)C)NS(C)(=O)=O. The third kappa shape index (κ3) is 10.5. The van der Waals surface area contributed by atoms with Crippen LogP contribution in [-0.4, -0.2) is 59.4 Å². The first-order valence-corrected chi connectivity index (χ1v) is 13.3. The number of hydrogen-bond acceptors (Lipinski definition) is 5. The van der Waals surface area contributed by atoms with Gasteiger partial charge in [-0.1, -0.05) is 58.0 Å². The van der Waals surface area contributed by atoms with Crippen LogP contribution in [-0.2, 0) is 26.6 Å². The van der Waals surface area contributed by atoms with E-state index >= 15 is 0 Å². The van der Waals surface area contributed by atoms with E-state index in [2.05, 4.69) is 14.3 Å². The van der Waals surface area contributed by atoms with Crippen molar-refractivity contribution in [2.24, 2.45) is 11.8 Å².